The Bertz CT molecular complexity index is 930. The van der Waals surface area contributed by atoms with E-state index in [1.54, 1.807) is 24.0 Å². The third-order valence-corrected chi connectivity index (χ3v) is 4.11. The summed E-state index contributed by atoms with van der Waals surface area (Å²) in [6.07, 6.45) is 2.06. The van der Waals surface area contributed by atoms with Crippen molar-refractivity contribution in [2.45, 2.75) is 19.6 Å². The van der Waals surface area contributed by atoms with Crippen LogP contribution in [-0.2, 0) is 36.2 Å². The van der Waals surface area contributed by atoms with Gasteiger partial charge in [0.2, 0.25) is 0 Å². The van der Waals surface area contributed by atoms with Gasteiger partial charge in [-0.05, 0) is 6.07 Å². The molecule has 26 heavy (non-hydrogen) atoms. The second-order valence-corrected chi connectivity index (χ2v) is 5.90. The topological polar surface area (TPSA) is 136 Å². The number of nitrogens with zero attached hydrogens (tertiary/aromatic N) is 3. The third-order valence-electron chi connectivity index (χ3n) is 4.11. The first-order valence-electron chi connectivity index (χ1n) is 7.92. The molecular formula is C16H18N4O6. The van der Waals surface area contributed by atoms with Gasteiger partial charge in [-0.3, -0.25) is 19.1 Å². The molecule has 1 aliphatic rings. The smallest absolute Gasteiger partial charge is 0.322 e. The largest absolute Gasteiger partial charge is 0.507 e. The maximum Gasteiger partial charge on any atom is 0.322 e. The lowest BCUT2D eigenvalue weighted by Crippen LogP contribution is -2.38. The standard InChI is InChI=1S/C16H18N4O6/c1-19-4-2-9(18-19)7-20-11-8-26-5-3-10(11)14(23)13(16(20)25)15(24)17-6-12(21)22/h2,4,23H,3,5-8H2,1H3,(H,17,24)(H,21,22). The number of carbonyl (C=O) groups is 2. The number of aryl methyl sites for hydroxylation is 1. The molecule has 0 aromatic carbocycles. The predicted molar refractivity (Wildman–Crippen MR) is 88.0 cm³/mol. The molecule has 0 unspecified atom stereocenters. The van der Waals surface area contributed by atoms with Crippen LogP contribution in [0.1, 0.15) is 27.3 Å². The Labute approximate surface area is 147 Å². The number of amides is 1. The molecule has 0 spiro atoms. The van der Waals surface area contributed by atoms with Gasteiger partial charge in [0.1, 0.15) is 17.9 Å². The fraction of sp³-hybridized carbons (Fsp3) is 0.375. The summed E-state index contributed by atoms with van der Waals surface area (Å²) in [6, 6.07) is 1.74. The van der Waals surface area contributed by atoms with E-state index >= 15 is 0 Å². The molecule has 10 heteroatoms. The molecule has 0 radical (unpaired) electrons. The Hall–Kier alpha value is -3.14. The Kier molecular flexibility index (Phi) is 4.76. The molecule has 0 atom stereocenters. The van der Waals surface area contributed by atoms with E-state index < -0.39 is 35.3 Å². The summed E-state index contributed by atoms with van der Waals surface area (Å²) >= 11 is 0. The van der Waals surface area contributed by atoms with Gasteiger partial charge in [-0.15, -0.1) is 0 Å². The number of aromatic hydroxyl groups is 1. The zero-order valence-electron chi connectivity index (χ0n) is 14.1. The van der Waals surface area contributed by atoms with Crippen LogP contribution in [0.4, 0.5) is 0 Å². The number of hydrogen-bond acceptors (Lipinski definition) is 6. The van der Waals surface area contributed by atoms with Gasteiger partial charge in [0, 0.05) is 25.2 Å². The zero-order chi connectivity index (χ0) is 18.8. The van der Waals surface area contributed by atoms with Crippen molar-refractivity contribution in [2.75, 3.05) is 13.2 Å². The van der Waals surface area contributed by atoms with Crippen molar-refractivity contribution < 1.29 is 24.5 Å². The van der Waals surface area contributed by atoms with Gasteiger partial charge in [-0.2, -0.15) is 5.10 Å². The van der Waals surface area contributed by atoms with Crippen molar-refractivity contribution in [1.82, 2.24) is 19.7 Å². The van der Waals surface area contributed by atoms with Gasteiger partial charge in [-0.25, -0.2) is 0 Å². The van der Waals surface area contributed by atoms with Gasteiger partial charge in [0.15, 0.2) is 0 Å². The molecule has 0 aliphatic carbocycles. The van der Waals surface area contributed by atoms with Crippen LogP contribution >= 0.6 is 0 Å². The summed E-state index contributed by atoms with van der Waals surface area (Å²) in [7, 11) is 1.74. The van der Waals surface area contributed by atoms with Crippen molar-refractivity contribution in [3.8, 4) is 5.75 Å². The summed E-state index contributed by atoms with van der Waals surface area (Å²) in [5.74, 6) is -2.61. The normalized spacial score (nSPS) is 13.3. The van der Waals surface area contributed by atoms with Crippen LogP contribution in [0.15, 0.2) is 17.1 Å². The molecule has 10 nitrogen and oxygen atoms in total. The molecule has 2 aromatic rings. The number of nitrogens with one attached hydrogen (secondary N) is 1. The highest BCUT2D eigenvalue weighted by Crippen LogP contribution is 2.28. The summed E-state index contributed by atoms with van der Waals surface area (Å²) in [5.41, 5.74) is 0.347. The number of rotatable bonds is 5. The minimum absolute atomic E-state index is 0.102. The molecule has 1 amide bonds. The molecule has 3 rings (SSSR count). The van der Waals surface area contributed by atoms with Crippen molar-refractivity contribution in [3.63, 3.8) is 0 Å². The van der Waals surface area contributed by atoms with Crippen LogP contribution in [0.25, 0.3) is 0 Å². The Morgan fingerprint density at radius 2 is 2.19 bits per heavy atom. The number of aromatic nitrogens is 3. The highest BCUT2D eigenvalue weighted by atomic mass is 16.5. The van der Waals surface area contributed by atoms with Crippen molar-refractivity contribution in [2.24, 2.45) is 7.05 Å². The monoisotopic (exact) mass is 362 g/mol. The van der Waals surface area contributed by atoms with E-state index in [-0.39, 0.29) is 13.2 Å². The van der Waals surface area contributed by atoms with Gasteiger partial charge in [-0.1, -0.05) is 0 Å². The minimum atomic E-state index is -1.25. The molecule has 3 N–H and O–H groups in total. The number of fused-ring (bicyclic) bond motifs is 1. The number of carboxylic acid groups (broad SMARTS) is 1. The Balaban J connectivity index is 2.10. The average Bonchev–Trinajstić information content (AvgIpc) is 3.02. The number of carbonyl (C=O) groups excluding carboxylic acids is 1. The molecule has 0 saturated heterocycles. The molecule has 0 fully saturated rings. The van der Waals surface area contributed by atoms with E-state index in [0.29, 0.717) is 30.0 Å². The average molecular weight is 362 g/mol. The molecular weight excluding hydrogens is 344 g/mol. The van der Waals surface area contributed by atoms with Gasteiger partial charge >= 0.3 is 5.97 Å². The highest BCUT2D eigenvalue weighted by Gasteiger charge is 2.28. The van der Waals surface area contributed by atoms with Crippen LogP contribution in [0.3, 0.4) is 0 Å². The maximum atomic E-state index is 12.9. The molecule has 3 heterocycles. The second-order valence-electron chi connectivity index (χ2n) is 5.90. The highest BCUT2D eigenvalue weighted by molar-refractivity contribution is 5.98. The quantitative estimate of drug-likeness (QED) is 0.635. The fourth-order valence-corrected chi connectivity index (χ4v) is 2.91. The van der Waals surface area contributed by atoms with E-state index in [4.69, 9.17) is 9.84 Å². The van der Waals surface area contributed by atoms with E-state index in [1.807, 2.05) is 0 Å². The van der Waals surface area contributed by atoms with Gasteiger partial charge in [0.25, 0.3) is 11.5 Å². The summed E-state index contributed by atoms with van der Waals surface area (Å²) in [6.45, 7) is -0.0798. The maximum absolute atomic E-state index is 12.9. The number of ether oxygens (including phenoxy) is 1. The van der Waals surface area contributed by atoms with Crippen molar-refractivity contribution in [3.05, 3.63) is 45.1 Å². The summed E-state index contributed by atoms with van der Waals surface area (Å²) in [5, 5.41) is 25.5. The van der Waals surface area contributed by atoms with E-state index in [1.165, 1.54) is 4.57 Å². The first kappa shape index (κ1) is 17.7. The first-order chi connectivity index (χ1) is 12.4. The lowest BCUT2D eigenvalue weighted by atomic mass is 10.0. The SMILES string of the molecule is Cn1ccc(Cn2c3c(c(O)c(C(=O)NCC(=O)O)c2=O)CCOC3)n1. The van der Waals surface area contributed by atoms with Crippen LogP contribution in [0.2, 0.25) is 0 Å². The van der Waals surface area contributed by atoms with Crippen molar-refractivity contribution in [1.29, 1.82) is 0 Å². The third kappa shape index (κ3) is 3.31. The number of aliphatic carboxylic acids is 1. The lowest BCUT2D eigenvalue weighted by Gasteiger charge is -2.23. The van der Waals surface area contributed by atoms with Gasteiger partial charge < -0.3 is 24.8 Å². The molecule has 0 saturated carbocycles. The van der Waals surface area contributed by atoms with E-state index in [0.717, 1.165) is 0 Å². The van der Waals surface area contributed by atoms with Crippen LogP contribution < -0.4 is 10.9 Å². The second kappa shape index (κ2) is 7.00. The number of hydrogen-bond donors (Lipinski definition) is 3. The van der Waals surface area contributed by atoms with Crippen LogP contribution in [0, 0.1) is 0 Å². The van der Waals surface area contributed by atoms with Crippen LogP contribution in [0.5, 0.6) is 5.75 Å². The predicted octanol–water partition coefficient (Wildman–Crippen LogP) is -0.777. The number of carboxylic acids is 1. The Morgan fingerprint density at radius 1 is 1.42 bits per heavy atom. The first-order valence-corrected chi connectivity index (χ1v) is 7.92. The molecule has 138 valence electrons. The van der Waals surface area contributed by atoms with E-state index in [9.17, 15) is 19.5 Å². The Morgan fingerprint density at radius 3 is 2.85 bits per heavy atom. The van der Waals surface area contributed by atoms with Gasteiger partial charge in [0.05, 0.1) is 31.1 Å². The zero-order valence-corrected chi connectivity index (χ0v) is 14.1. The lowest BCUT2D eigenvalue weighted by molar-refractivity contribution is -0.135. The number of pyridine rings is 1. The summed E-state index contributed by atoms with van der Waals surface area (Å²) < 4.78 is 8.32. The molecule has 2 aromatic heterocycles. The van der Waals surface area contributed by atoms with Crippen LogP contribution in [-0.4, -0.2) is 49.6 Å². The van der Waals surface area contributed by atoms with E-state index in [2.05, 4.69) is 10.4 Å². The minimum Gasteiger partial charge on any atom is -0.507 e. The van der Waals surface area contributed by atoms with Crippen molar-refractivity contribution >= 4 is 11.9 Å². The molecule has 0 bridgehead atoms. The summed E-state index contributed by atoms with van der Waals surface area (Å²) in [4.78, 5) is 35.8. The fourth-order valence-electron chi connectivity index (χ4n) is 2.91. The molecule has 1 aliphatic heterocycles.